The molecule has 2 amide bonds. The predicted octanol–water partition coefficient (Wildman–Crippen LogP) is 6.61. The van der Waals surface area contributed by atoms with Crippen molar-refractivity contribution in [3.05, 3.63) is 59.8 Å². The maximum Gasteiger partial charge on any atom is 0.410 e. The Morgan fingerprint density at radius 3 is 2.40 bits per heavy atom. The lowest BCUT2D eigenvalue weighted by Crippen LogP contribution is -2.54. The van der Waals surface area contributed by atoms with Crippen molar-refractivity contribution in [3.8, 4) is 17.0 Å². The number of benzene rings is 1. The van der Waals surface area contributed by atoms with Crippen LogP contribution in [0.4, 0.5) is 10.6 Å². The predicted molar refractivity (Wildman–Crippen MR) is 176 cm³/mol. The number of anilines is 1. The van der Waals surface area contributed by atoms with Crippen LogP contribution in [0.2, 0.25) is 0 Å². The topological polar surface area (TPSA) is 118 Å². The molecule has 0 bridgehead atoms. The summed E-state index contributed by atoms with van der Waals surface area (Å²) in [7, 11) is 1.71. The molecule has 4 fully saturated rings. The molecule has 3 heterocycles. The van der Waals surface area contributed by atoms with Crippen LogP contribution < -0.4 is 9.64 Å². The highest BCUT2D eigenvalue weighted by Crippen LogP contribution is 2.41. The van der Waals surface area contributed by atoms with E-state index in [0.717, 1.165) is 67.0 Å². The Balaban J connectivity index is 1.04. The van der Waals surface area contributed by atoms with Crippen LogP contribution in [0.3, 0.4) is 0 Å². The lowest BCUT2D eigenvalue weighted by atomic mass is 9.78. The van der Waals surface area contributed by atoms with Crippen molar-refractivity contribution in [3.63, 3.8) is 0 Å². The summed E-state index contributed by atoms with van der Waals surface area (Å²) in [6.07, 6.45) is 11.5. The lowest BCUT2D eigenvalue weighted by Gasteiger charge is -2.38. The molecule has 0 spiro atoms. The minimum Gasteiger partial charge on any atom is -0.496 e. The molecule has 250 valence electrons. The molecule has 3 aliphatic carbocycles. The average Bonchev–Trinajstić information content (AvgIpc) is 3.81. The second-order valence-corrected chi connectivity index (χ2v) is 14.1. The molecule has 1 N–H and O–H groups in total. The number of pyridine rings is 1. The van der Waals surface area contributed by atoms with Crippen LogP contribution >= 0.6 is 0 Å². The number of ether oxygens (including phenoxy) is 2. The van der Waals surface area contributed by atoms with Gasteiger partial charge in [0.1, 0.15) is 29.6 Å². The average molecular weight is 643 g/mol. The normalized spacial score (nSPS) is 24.8. The molecule has 2 aromatic heterocycles. The van der Waals surface area contributed by atoms with E-state index in [1.165, 1.54) is 10.5 Å². The van der Waals surface area contributed by atoms with Gasteiger partial charge >= 0.3 is 6.09 Å². The molecule has 1 aromatic carbocycles. The molecule has 0 atom stereocenters. The van der Waals surface area contributed by atoms with Gasteiger partial charge in [0.05, 0.1) is 26.3 Å². The minimum absolute atomic E-state index is 0.0945. The third-order valence-corrected chi connectivity index (χ3v) is 10.6. The van der Waals surface area contributed by atoms with Crippen LogP contribution in [-0.2, 0) is 9.53 Å². The zero-order valence-electron chi connectivity index (χ0n) is 27.5. The van der Waals surface area contributed by atoms with E-state index in [4.69, 9.17) is 23.9 Å². The van der Waals surface area contributed by atoms with Crippen LogP contribution in [0.15, 0.2) is 47.2 Å². The SMILES string of the molecule is COc1ccc(C2CCC(CN(C(=O)C3CCC(OC(=O)N4CC(O)C4)CC3)c3cc(-c4coc(C5CC5)n4)ccn3)CC2)cc1C. The van der Waals surface area contributed by atoms with Crippen molar-refractivity contribution < 1.29 is 28.6 Å². The number of aromatic nitrogens is 2. The molecule has 7 rings (SSSR count). The number of aliphatic hydroxyl groups excluding tert-OH is 1. The second-order valence-electron chi connectivity index (χ2n) is 14.1. The van der Waals surface area contributed by atoms with Gasteiger partial charge in [-0.1, -0.05) is 12.1 Å². The van der Waals surface area contributed by atoms with E-state index in [2.05, 4.69) is 25.1 Å². The van der Waals surface area contributed by atoms with E-state index in [1.807, 2.05) is 17.0 Å². The van der Waals surface area contributed by atoms with Gasteiger partial charge in [-0.15, -0.1) is 0 Å². The Labute approximate surface area is 276 Å². The standard InChI is InChI=1S/C37H46N4O6/c1-23-17-28(11-14-33(23)45-2)25-5-3-24(4-6-25)19-41(34-18-29(15-16-38-34)32-22-46-35(39-32)26-7-8-26)36(43)27-9-12-31(13-10-27)47-37(44)40-20-30(42)21-40/h11,14-18,22,24-27,30-31,42H,3-10,12-13,19-21H2,1-2H3. The van der Waals surface area contributed by atoms with E-state index in [9.17, 15) is 14.7 Å². The smallest absolute Gasteiger partial charge is 0.410 e. The van der Waals surface area contributed by atoms with Crippen LogP contribution in [0.5, 0.6) is 5.75 Å². The molecule has 10 nitrogen and oxygen atoms in total. The fourth-order valence-corrected chi connectivity index (χ4v) is 7.52. The zero-order valence-corrected chi connectivity index (χ0v) is 27.5. The van der Waals surface area contributed by atoms with Gasteiger partial charge in [0, 0.05) is 30.1 Å². The van der Waals surface area contributed by atoms with Crippen molar-refractivity contribution in [1.29, 1.82) is 0 Å². The third-order valence-electron chi connectivity index (χ3n) is 10.6. The van der Waals surface area contributed by atoms with E-state index in [-0.39, 0.29) is 24.0 Å². The molecule has 0 unspecified atom stereocenters. The number of aryl methyl sites for hydroxylation is 1. The minimum atomic E-state index is -0.458. The number of rotatable bonds is 9. The zero-order chi connectivity index (χ0) is 32.5. The summed E-state index contributed by atoms with van der Waals surface area (Å²) in [4.78, 5) is 39.7. The highest BCUT2D eigenvalue weighted by molar-refractivity contribution is 5.94. The highest BCUT2D eigenvalue weighted by Gasteiger charge is 2.36. The van der Waals surface area contributed by atoms with Crippen molar-refractivity contribution in [2.45, 2.75) is 95.2 Å². The number of methoxy groups -OCH3 is 1. The summed E-state index contributed by atoms with van der Waals surface area (Å²) in [5.74, 6) is 3.60. The largest absolute Gasteiger partial charge is 0.496 e. The summed E-state index contributed by atoms with van der Waals surface area (Å²) in [5, 5.41) is 9.52. The first-order valence-corrected chi connectivity index (χ1v) is 17.4. The van der Waals surface area contributed by atoms with Gasteiger partial charge in [-0.3, -0.25) is 9.69 Å². The second kappa shape index (κ2) is 13.7. The van der Waals surface area contributed by atoms with Gasteiger partial charge in [-0.05, 0) is 112 Å². The fourth-order valence-electron chi connectivity index (χ4n) is 7.52. The van der Waals surface area contributed by atoms with Gasteiger partial charge in [0.2, 0.25) is 5.91 Å². The number of likely N-dealkylation sites (tertiary alicyclic amines) is 1. The van der Waals surface area contributed by atoms with Crippen LogP contribution in [-0.4, -0.2) is 70.9 Å². The number of hydrogen-bond acceptors (Lipinski definition) is 8. The van der Waals surface area contributed by atoms with Gasteiger partial charge in [-0.2, -0.15) is 0 Å². The third kappa shape index (κ3) is 7.17. The summed E-state index contributed by atoms with van der Waals surface area (Å²) in [6.45, 7) is 3.37. The molecule has 3 saturated carbocycles. The Morgan fingerprint density at radius 1 is 0.979 bits per heavy atom. The van der Waals surface area contributed by atoms with Crippen LogP contribution in [0, 0.1) is 18.8 Å². The lowest BCUT2D eigenvalue weighted by molar-refractivity contribution is -0.124. The molecular formula is C37H46N4O6. The molecule has 1 aliphatic heterocycles. The van der Waals surface area contributed by atoms with E-state index < -0.39 is 6.10 Å². The number of hydrogen-bond donors (Lipinski definition) is 1. The van der Waals surface area contributed by atoms with Gasteiger partial charge < -0.3 is 23.9 Å². The molecule has 10 heteroatoms. The maximum atomic E-state index is 14.3. The Kier molecular flexibility index (Phi) is 9.21. The van der Waals surface area contributed by atoms with E-state index in [0.29, 0.717) is 68.9 Å². The van der Waals surface area contributed by atoms with Crippen molar-refractivity contribution in [2.24, 2.45) is 11.8 Å². The monoisotopic (exact) mass is 642 g/mol. The molecule has 1 saturated heterocycles. The van der Waals surface area contributed by atoms with Crippen molar-refractivity contribution in [2.75, 3.05) is 31.6 Å². The number of β-amino-alcohol motifs (C(OH)–C–C–N with tert-alkyl or cyclic N) is 1. The van der Waals surface area contributed by atoms with Crippen molar-refractivity contribution >= 4 is 17.8 Å². The van der Waals surface area contributed by atoms with E-state index in [1.54, 1.807) is 19.6 Å². The quantitative estimate of drug-likeness (QED) is 0.277. The first kappa shape index (κ1) is 31.7. The number of aliphatic hydroxyl groups is 1. The first-order valence-electron chi connectivity index (χ1n) is 17.4. The fraction of sp³-hybridized carbons (Fsp3) is 0.568. The van der Waals surface area contributed by atoms with Crippen LogP contribution in [0.1, 0.15) is 93.1 Å². The first-order chi connectivity index (χ1) is 22.8. The van der Waals surface area contributed by atoms with Crippen molar-refractivity contribution in [1.82, 2.24) is 14.9 Å². The van der Waals surface area contributed by atoms with Crippen LogP contribution in [0.25, 0.3) is 11.3 Å². The van der Waals surface area contributed by atoms with Gasteiger partial charge in [-0.25, -0.2) is 14.8 Å². The summed E-state index contributed by atoms with van der Waals surface area (Å²) in [5.41, 5.74) is 4.20. The molecular weight excluding hydrogens is 596 g/mol. The molecule has 3 aromatic rings. The maximum absolute atomic E-state index is 14.3. The Hall–Kier alpha value is -3.92. The van der Waals surface area contributed by atoms with Gasteiger partial charge in [0.25, 0.3) is 0 Å². The molecule has 0 radical (unpaired) electrons. The summed E-state index contributed by atoms with van der Waals surface area (Å²) in [6, 6.07) is 10.4. The summed E-state index contributed by atoms with van der Waals surface area (Å²) < 4.78 is 17.0. The Morgan fingerprint density at radius 2 is 1.72 bits per heavy atom. The van der Waals surface area contributed by atoms with Gasteiger partial charge in [0.15, 0.2) is 5.89 Å². The molecule has 47 heavy (non-hydrogen) atoms. The van der Waals surface area contributed by atoms with E-state index >= 15 is 0 Å². The number of carbonyl (C=O) groups is 2. The number of amides is 2. The number of oxazole rings is 1. The summed E-state index contributed by atoms with van der Waals surface area (Å²) >= 11 is 0. The highest BCUT2D eigenvalue weighted by atomic mass is 16.6. The Bertz CT molecular complexity index is 1560. The molecule has 4 aliphatic rings. The number of carbonyl (C=O) groups excluding carboxylic acids is 2. The number of nitrogens with zero attached hydrogens (tertiary/aromatic N) is 4.